The summed E-state index contributed by atoms with van der Waals surface area (Å²) in [7, 11) is 0. The van der Waals surface area contributed by atoms with Crippen molar-refractivity contribution in [1.29, 1.82) is 0 Å². The maximum Gasteiger partial charge on any atom is -0.00490 e. The molecule has 0 aliphatic rings. The van der Waals surface area contributed by atoms with E-state index in [1.54, 1.807) is 0 Å². The molecule has 0 fully saturated rings. The number of hydrogen-bond acceptors (Lipinski definition) is 2. The summed E-state index contributed by atoms with van der Waals surface area (Å²) in [6.07, 6.45) is 34.2. The first kappa shape index (κ1) is 34.1. The van der Waals surface area contributed by atoms with Gasteiger partial charge in [-0.25, -0.2) is 0 Å². The normalized spacial score (nSPS) is 10.9. The van der Waals surface area contributed by atoms with Crippen LogP contribution in [-0.2, 0) is 0 Å². The van der Waals surface area contributed by atoms with E-state index in [0.717, 1.165) is 13.1 Å². The van der Waals surface area contributed by atoms with Crippen LogP contribution in [0.15, 0.2) is 0 Å². The topological polar surface area (TPSA) is 38.0 Å². The van der Waals surface area contributed by atoms with Gasteiger partial charge in [0.1, 0.15) is 0 Å². The first-order valence-electron chi connectivity index (χ1n) is 15.2. The third-order valence-electron chi connectivity index (χ3n) is 6.51. The van der Waals surface area contributed by atoms with Gasteiger partial charge in [-0.1, -0.05) is 162 Å². The molecule has 0 aliphatic heterocycles. The lowest BCUT2D eigenvalue weighted by Crippen LogP contribution is -2.13. The Bertz CT molecular complexity index is 254. The van der Waals surface area contributed by atoms with Crippen LogP contribution in [0.5, 0.6) is 0 Å². The van der Waals surface area contributed by atoms with Crippen molar-refractivity contribution in [1.82, 2.24) is 5.32 Å². The Morgan fingerprint density at radius 2 is 0.656 bits per heavy atom. The molecule has 0 saturated carbocycles. The van der Waals surface area contributed by atoms with E-state index in [1.807, 2.05) is 0 Å². The minimum Gasteiger partial charge on any atom is -0.330 e. The average molecular weight is 455 g/mol. The molecular formula is C30H66N2. The van der Waals surface area contributed by atoms with Crippen LogP contribution in [0, 0.1) is 0 Å². The summed E-state index contributed by atoms with van der Waals surface area (Å²) in [5.41, 5.74) is 5.48. The van der Waals surface area contributed by atoms with Crippen molar-refractivity contribution in [3.05, 3.63) is 0 Å². The van der Waals surface area contributed by atoms with Gasteiger partial charge >= 0.3 is 0 Å². The Kier molecular flexibility index (Phi) is 37.8. The van der Waals surface area contributed by atoms with Crippen LogP contribution in [0.3, 0.4) is 0 Å². The fourth-order valence-electron chi connectivity index (χ4n) is 4.25. The van der Waals surface area contributed by atoms with Crippen LogP contribution in [-0.4, -0.2) is 19.6 Å². The summed E-state index contributed by atoms with van der Waals surface area (Å²) in [4.78, 5) is 0. The van der Waals surface area contributed by atoms with E-state index in [-0.39, 0.29) is 0 Å². The number of nitrogens with two attached hydrogens (primary N) is 1. The standard InChI is InChI=1S/C18H39N.C12H27N/c1-2-3-4-5-6-7-8-9-10-11-12-13-14-15-16-17-18-19;1-3-5-6-7-8-9-10-11-12-13-4-2/h2-19H2,1H3;13H,3-12H2,1-2H3. The molecule has 3 N–H and O–H groups in total. The Morgan fingerprint density at radius 1 is 0.375 bits per heavy atom. The molecule has 0 aromatic rings. The number of nitrogens with one attached hydrogen (secondary N) is 1. The zero-order chi connectivity index (χ0) is 23.8. The molecule has 0 radical (unpaired) electrons. The molecule has 0 aliphatic carbocycles. The summed E-state index contributed by atoms with van der Waals surface area (Å²) in [5, 5.41) is 3.36. The Hall–Kier alpha value is -0.0800. The first-order chi connectivity index (χ1) is 15.8. The molecular weight excluding hydrogens is 388 g/mol. The van der Waals surface area contributed by atoms with Crippen molar-refractivity contribution >= 4 is 0 Å². The van der Waals surface area contributed by atoms with Crippen molar-refractivity contribution in [3.8, 4) is 0 Å². The predicted octanol–water partition coefficient (Wildman–Crippen LogP) is 9.94. The van der Waals surface area contributed by atoms with Crippen molar-refractivity contribution in [2.45, 2.75) is 175 Å². The quantitative estimate of drug-likeness (QED) is 0.128. The molecule has 0 aromatic carbocycles. The van der Waals surface area contributed by atoms with Gasteiger partial charge in [-0.05, 0) is 32.5 Å². The SMILES string of the molecule is CCCCCCCCCCCCCCCCCCN.CCCCCCCCCCNCC. The van der Waals surface area contributed by atoms with Crippen LogP contribution in [0.2, 0.25) is 0 Å². The van der Waals surface area contributed by atoms with Gasteiger partial charge in [-0.2, -0.15) is 0 Å². The van der Waals surface area contributed by atoms with E-state index in [0.29, 0.717) is 0 Å². The molecule has 0 atom stereocenters. The van der Waals surface area contributed by atoms with Gasteiger partial charge in [0.15, 0.2) is 0 Å². The summed E-state index contributed by atoms with van der Waals surface area (Å²) in [6, 6.07) is 0. The highest BCUT2D eigenvalue weighted by Crippen LogP contribution is 2.13. The maximum absolute atomic E-state index is 5.48. The second kappa shape index (κ2) is 35.5. The molecule has 2 nitrogen and oxygen atoms in total. The zero-order valence-corrected chi connectivity index (χ0v) is 23.2. The van der Waals surface area contributed by atoms with Crippen LogP contribution < -0.4 is 11.1 Å². The summed E-state index contributed by atoms with van der Waals surface area (Å²) in [6.45, 7) is 9.94. The molecule has 0 unspecified atom stereocenters. The molecule has 0 aromatic heterocycles. The van der Waals surface area contributed by atoms with Crippen molar-refractivity contribution in [2.24, 2.45) is 5.73 Å². The fourth-order valence-corrected chi connectivity index (χ4v) is 4.25. The lowest BCUT2D eigenvalue weighted by atomic mass is 10.0. The van der Waals surface area contributed by atoms with E-state index in [4.69, 9.17) is 5.73 Å². The lowest BCUT2D eigenvalue weighted by molar-refractivity contribution is 0.530. The van der Waals surface area contributed by atoms with Gasteiger partial charge in [-0.3, -0.25) is 0 Å². The highest BCUT2D eigenvalue weighted by molar-refractivity contribution is 4.50. The van der Waals surface area contributed by atoms with Gasteiger partial charge in [0.05, 0.1) is 0 Å². The third-order valence-corrected chi connectivity index (χ3v) is 6.51. The number of hydrogen-bond donors (Lipinski definition) is 2. The second-order valence-corrected chi connectivity index (χ2v) is 9.92. The molecule has 0 heterocycles. The fraction of sp³-hybridized carbons (Fsp3) is 1.00. The third kappa shape index (κ3) is 37.2. The molecule has 0 saturated heterocycles. The minimum absolute atomic E-state index is 0.873. The van der Waals surface area contributed by atoms with Gasteiger partial charge in [0.25, 0.3) is 0 Å². The predicted molar refractivity (Wildman–Crippen MR) is 150 cm³/mol. The monoisotopic (exact) mass is 455 g/mol. The van der Waals surface area contributed by atoms with E-state index in [2.05, 4.69) is 26.1 Å². The number of unbranched alkanes of at least 4 members (excludes halogenated alkanes) is 22. The highest BCUT2D eigenvalue weighted by Gasteiger charge is 1.94. The molecule has 0 amide bonds. The minimum atomic E-state index is 0.873. The Balaban J connectivity index is 0. The molecule has 0 bridgehead atoms. The van der Waals surface area contributed by atoms with Crippen LogP contribution in [0.1, 0.15) is 175 Å². The van der Waals surface area contributed by atoms with Gasteiger partial charge in [0, 0.05) is 0 Å². The largest absolute Gasteiger partial charge is 0.330 e. The molecule has 196 valence electrons. The smallest absolute Gasteiger partial charge is 0.00490 e. The summed E-state index contributed by atoms with van der Waals surface area (Å²) in [5.74, 6) is 0. The number of rotatable bonds is 26. The van der Waals surface area contributed by atoms with E-state index < -0.39 is 0 Å². The van der Waals surface area contributed by atoms with Crippen molar-refractivity contribution in [3.63, 3.8) is 0 Å². The van der Waals surface area contributed by atoms with E-state index in [9.17, 15) is 0 Å². The van der Waals surface area contributed by atoms with Crippen molar-refractivity contribution < 1.29 is 0 Å². The van der Waals surface area contributed by atoms with Crippen molar-refractivity contribution in [2.75, 3.05) is 19.6 Å². The zero-order valence-electron chi connectivity index (χ0n) is 23.2. The Labute approximate surface area is 205 Å². The van der Waals surface area contributed by atoms with Gasteiger partial charge in [-0.15, -0.1) is 0 Å². The highest BCUT2D eigenvalue weighted by atomic mass is 14.8. The van der Waals surface area contributed by atoms with Crippen LogP contribution in [0.25, 0.3) is 0 Å². The second-order valence-electron chi connectivity index (χ2n) is 9.92. The summed E-state index contributed by atoms with van der Waals surface area (Å²) >= 11 is 0. The van der Waals surface area contributed by atoms with Crippen LogP contribution in [0.4, 0.5) is 0 Å². The van der Waals surface area contributed by atoms with E-state index >= 15 is 0 Å². The maximum atomic E-state index is 5.48. The first-order valence-corrected chi connectivity index (χ1v) is 15.2. The van der Waals surface area contributed by atoms with Gasteiger partial charge in [0.2, 0.25) is 0 Å². The molecule has 0 spiro atoms. The lowest BCUT2D eigenvalue weighted by Gasteiger charge is -2.03. The molecule has 2 heteroatoms. The van der Waals surface area contributed by atoms with Crippen LogP contribution >= 0.6 is 0 Å². The van der Waals surface area contributed by atoms with Gasteiger partial charge < -0.3 is 11.1 Å². The molecule has 0 rings (SSSR count). The molecule has 32 heavy (non-hydrogen) atoms. The Morgan fingerprint density at radius 3 is 0.938 bits per heavy atom. The average Bonchev–Trinajstić information content (AvgIpc) is 2.81. The van der Waals surface area contributed by atoms with E-state index in [1.165, 1.54) is 161 Å². The summed E-state index contributed by atoms with van der Waals surface area (Å²) < 4.78 is 0.